The van der Waals surface area contributed by atoms with E-state index in [0.29, 0.717) is 13.0 Å². The van der Waals surface area contributed by atoms with E-state index in [1.807, 2.05) is 6.92 Å². The summed E-state index contributed by atoms with van der Waals surface area (Å²) in [5, 5.41) is 14.5. The Bertz CT molecular complexity index is 268. The van der Waals surface area contributed by atoms with Crippen molar-refractivity contribution in [3.8, 4) is 0 Å². The third kappa shape index (κ3) is 7.10. The van der Waals surface area contributed by atoms with Crippen LogP contribution < -0.4 is 10.6 Å². The van der Waals surface area contributed by atoms with Crippen LogP contribution >= 0.6 is 0 Å². The highest BCUT2D eigenvalue weighted by molar-refractivity contribution is 5.74. The molecule has 0 saturated heterocycles. The molecule has 1 aliphatic carbocycles. The number of aliphatic hydroxyl groups excluding tert-OH is 1. The summed E-state index contributed by atoms with van der Waals surface area (Å²) in [5.74, 6) is 0. The van der Waals surface area contributed by atoms with Gasteiger partial charge in [0, 0.05) is 25.2 Å². The lowest BCUT2D eigenvalue weighted by atomic mass is 9.94. The highest BCUT2D eigenvalue weighted by atomic mass is 16.3. The average Bonchev–Trinajstić information content (AvgIpc) is 2.44. The summed E-state index contributed by atoms with van der Waals surface area (Å²) in [6, 6.07) is 0.623. The van der Waals surface area contributed by atoms with Crippen LogP contribution in [0.2, 0.25) is 0 Å². The normalized spacial score (nSPS) is 18.0. The fraction of sp³-hybridized carbons (Fsp3) is 0.933. The fourth-order valence-corrected chi connectivity index (χ4v) is 2.78. The number of carbonyl (C=O) groups excluding carboxylic acids is 1. The lowest BCUT2D eigenvalue weighted by Crippen LogP contribution is -2.42. The Hall–Kier alpha value is -0.810. The molecule has 118 valence electrons. The summed E-state index contributed by atoms with van der Waals surface area (Å²) in [5.41, 5.74) is 0. The molecule has 5 heteroatoms. The summed E-state index contributed by atoms with van der Waals surface area (Å²) in [4.78, 5) is 14.0. The highest BCUT2D eigenvalue weighted by Crippen LogP contribution is 2.21. The molecule has 1 fully saturated rings. The van der Waals surface area contributed by atoms with E-state index in [4.69, 9.17) is 5.11 Å². The van der Waals surface area contributed by atoms with E-state index in [0.717, 1.165) is 19.0 Å². The summed E-state index contributed by atoms with van der Waals surface area (Å²) in [6.07, 6.45) is 8.33. The van der Waals surface area contributed by atoms with E-state index in [2.05, 4.69) is 22.6 Å². The van der Waals surface area contributed by atoms with Crippen molar-refractivity contribution in [3.63, 3.8) is 0 Å². The molecule has 0 bridgehead atoms. The number of rotatable bonds is 8. The van der Waals surface area contributed by atoms with Crippen LogP contribution in [-0.2, 0) is 0 Å². The predicted molar refractivity (Wildman–Crippen MR) is 81.8 cm³/mol. The van der Waals surface area contributed by atoms with Crippen molar-refractivity contribution in [1.29, 1.82) is 0 Å². The molecule has 5 nitrogen and oxygen atoms in total. The number of nitrogens with zero attached hydrogens (tertiary/aromatic N) is 1. The molecule has 2 amide bonds. The number of nitrogens with one attached hydrogen (secondary N) is 2. The number of hydrogen-bond donors (Lipinski definition) is 3. The van der Waals surface area contributed by atoms with Gasteiger partial charge in [-0.2, -0.15) is 0 Å². The number of hydrogen-bond acceptors (Lipinski definition) is 3. The van der Waals surface area contributed by atoms with Crippen LogP contribution in [0.4, 0.5) is 4.79 Å². The first-order valence-corrected chi connectivity index (χ1v) is 7.99. The molecule has 0 heterocycles. The summed E-state index contributed by atoms with van der Waals surface area (Å²) >= 11 is 0. The van der Waals surface area contributed by atoms with Gasteiger partial charge in [0.1, 0.15) is 0 Å². The molecule has 1 atom stereocenters. The molecular weight excluding hydrogens is 254 g/mol. The minimum atomic E-state index is -0.133. The van der Waals surface area contributed by atoms with E-state index < -0.39 is 0 Å². The van der Waals surface area contributed by atoms with E-state index in [9.17, 15) is 4.79 Å². The summed E-state index contributed by atoms with van der Waals surface area (Å²) in [6.45, 7) is 3.74. The quantitative estimate of drug-likeness (QED) is 0.595. The van der Waals surface area contributed by atoms with Gasteiger partial charge in [-0.15, -0.1) is 0 Å². The Balaban J connectivity index is 2.04. The average molecular weight is 285 g/mol. The minimum Gasteiger partial charge on any atom is -0.396 e. The second-order valence-electron chi connectivity index (χ2n) is 5.94. The van der Waals surface area contributed by atoms with Gasteiger partial charge in [-0.1, -0.05) is 19.3 Å². The van der Waals surface area contributed by atoms with Crippen molar-refractivity contribution in [2.45, 2.75) is 64.0 Å². The van der Waals surface area contributed by atoms with Gasteiger partial charge in [-0.25, -0.2) is 4.79 Å². The number of amides is 2. The molecule has 3 N–H and O–H groups in total. The van der Waals surface area contributed by atoms with Crippen molar-refractivity contribution < 1.29 is 9.90 Å². The maximum atomic E-state index is 11.6. The maximum absolute atomic E-state index is 11.6. The molecule has 0 radical (unpaired) electrons. The number of carbonyl (C=O) groups is 1. The third-order valence-corrected chi connectivity index (χ3v) is 4.11. The molecule has 1 rings (SSSR count). The van der Waals surface area contributed by atoms with Crippen molar-refractivity contribution >= 4 is 6.03 Å². The molecule has 0 aliphatic heterocycles. The predicted octanol–water partition coefficient (Wildman–Crippen LogP) is 1.71. The Morgan fingerprint density at radius 3 is 2.70 bits per heavy atom. The highest BCUT2D eigenvalue weighted by Gasteiger charge is 2.17. The van der Waals surface area contributed by atoms with Crippen LogP contribution in [0.15, 0.2) is 0 Å². The maximum Gasteiger partial charge on any atom is 0.314 e. The zero-order valence-electron chi connectivity index (χ0n) is 13.0. The van der Waals surface area contributed by atoms with Crippen LogP contribution in [0.25, 0.3) is 0 Å². The second kappa shape index (κ2) is 10.00. The first kappa shape index (κ1) is 17.2. The topological polar surface area (TPSA) is 64.6 Å². The van der Waals surface area contributed by atoms with Gasteiger partial charge >= 0.3 is 6.03 Å². The Kier molecular flexibility index (Phi) is 8.62. The van der Waals surface area contributed by atoms with Gasteiger partial charge in [0.2, 0.25) is 0 Å². The van der Waals surface area contributed by atoms with Crippen molar-refractivity contribution in [2.24, 2.45) is 0 Å². The second-order valence-corrected chi connectivity index (χ2v) is 5.94. The van der Waals surface area contributed by atoms with Crippen molar-refractivity contribution in [1.82, 2.24) is 15.5 Å². The Morgan fingerprint density at radius 1 is 1.35 bits per heavy atom. The third-order valence-electron chi connectivity index (χ3n) is 4.11. The standard InChI is InChI=1S/C15H31N3O2/c1-13(9-12-19)17-15(20)16-10-6-11-18(2)14-7-4-3-5-8-14/h13-14,19H,3-12H2,1-2H3,(H2,16,17,20)/t13-/m1/s1. The van der Waals surface area contributed by atoms with Crippen LogP contribution in [0, 0.1) is 0 Å². The van der Waals surface area contributed by atoms with Gasteiger partial charge in [0.05, 0.1) is 0 Å². The molecule has 0 unspecified atom stereocenters. The smallest absolute Gasteiger partial charge is 0.314 e. The van der Waals surface area contributed by atoms with Crippen LogP contribution in [0.1, 0.15) is 51.9 Å². The molecule has 1 aliphatic rings. The molecule has 0 aromatic carbocycles. The van der Waals surface area contributed by atoms with Crippen LogP contribution in [-0.4, -0.2) is 54.9 Å². The SMILES string of the molecule is C[C@H](CCO)NC(=O)NCCCN(C)C1CCCCC1. The van der Waals surface area contributed by atoms with Crippen LogP contribution in [0.3, 0.4) is 0 Å². The summed E-state index contributed by atoms with van der Waals surface area (Å²) < 4.78 is 0. The minimum absolute atomic E-state index is 0.0184. The van der Waals surface area contributed by atoms with E-state index >= 15 is 0 Å². The van der Waals surface area contributed by atoms with E-state index in [-0.39, 0.29) is 18.7 Å². The van der Waals surface area contributed by atoms with Gasteiger partial charge in [-0.3, -0.25) is 0 Å². The van der Waals surface area contributed by atoms with E-state index in [1.54, 1.807) is 0 Å². The zero-order chi connectivity index (χ0) is 14.8. The van der Waals surface area contributed by atoms with Gasteiger partial charge in [0.25, 0.3) is 0 Å². The van der Waals surface area contributed by atoms with E-state index in [1.165, 1.54) is 32.1 Å². The molecule has 1 saturated carbocycles. The summed E-state index contributed by atoms with van der Waals surface area (Å²) in [7, 11) is 2.19. The zero-order valence-corrected chi connectivity index (χ0v) is 13.0. The fourth-order valence-electron chi connectivity index (χ4n) is 2.78. The molecule has 0 aromatic rings. The number of urea groups is 1. The first-order valence-electron chi connectivity index (χ1n) is 7.99. The lowest BCUT2D eigenvalue weighted by molar-refractivity contribution is 0.189. The van der Waals surface area contributed by atoms with Crippen molar-refractivity contribution in [2.75, 3.05) is 26.7 Å². The Morgan fingerprint density at radius 2 is 2.05 bits per heavy atom. The number of aliphatic hydroxyl groups is 1. The monoisotopic (exact) mass is 285 g/mol. The van der Waals surface area contributed by atoms with Gasteiger partial charge < -0.3 is 20.6 Å². The largest absolute Gasteiger partial charge is 0.396 e. The molecule has 0 spiro atoms. The Labute approximate surface area is 123 Å². The lowest BCUT2D eigenvalue weighted by Gasteiger charge is -2.31. The molecule has 0 aromatic heterocycles. The van der Waals surface area contributed by atoms with Crippen molar-refractivity contribution in [3.05, 3.63) is 0 Å². The molecule has 20 heavy (non-hydrogen) atoms. The van der Waals surface area contributed by atoms with Gasteiger partial charge in [0.15, 0.2) is 0 Å². The molecular formula is C15H31N3O2. The van der Waals surface area contributed by atoms with Crippen LogP contribution in [0.5, 0.6) is 0 Å². The van der Waals surface area contributed by atoms with Gasteiger partial charge in [-0.05, 0) is 46.2 Å². The first-order chi connectivity index (χ1) is 9.63.